The Bertz CT molecular complexity index is 990. The SMILES string of the molecule is O=C(O)COc1cccc2c1CCCC2=CCONC(=C1CCCCC1)c1cccnc1. The highest BCUT2D eigenvalue weighted by atomic mass is 16.6. The summed E-state index contributed by atoms with van der Waals surface area (Å²) in [5.74, 6) is -0.305. The van der Waals surface area contributed by atoms with Crippen LogP contribution < -0.4 is 10.2 Å². The quantitative estimate of drug-likeness (QED) is 0.441. The summed E-state index contributed by atoms with van der Waals surface area (Å²) >= 11 is 0. The molecule has 6 heteroatoms. The van der Waals surface area contributed by atoms with Gasteiger partial charge in [-0.1, -0.05) is 24.6 Å². The number of aromatic nitrogens is 1. The number of hydroxylamine groups is 1. The van der Waals surface area contributed by atoms with E-state index in [9.17, 15) is 4.79 Å². The Morgan fingerprint density at radius 3 is 2.72 bits per heavy atom. The lowest BCUT2D eigenvalue weighted by Gasteiger charge is -2.22. The molecule has 1 aromatic carbocycles. The fraction of sp³-hybridized carbons (Fsp3) is 0.385. The van der Waals surface area contributed by atoms with E-state index in [1.54, 1.807) is 6.20 Å². The first kappa shape index (κ1) is 22.1. The fourth-order valence-electron chi connectivity index (χ4n) is 4.53. The number of nitrogens with zero attached hydrogens (tertiary/aromatic N) is 1. The zero-order valence-corrected chi connectivity index (χ0v) is 18.3. The summed E-state index contributed by atoms with van der Waals surface area (Å²) in [6, 6.07) is 9.86. The first-order chi connectivity index (χ1) is 15.7. The van der Waals surface area contributed by atoms with Gasteiger partial charge in [-0.25, -0.2) is 4.79 Å². The van der Waals surface area contributed by atoms with Gasteiger partial charge in [0, 0.05) is 23.5 Å². The van der Waals surface area contributed by atoms with Crippen molar-refractivity contribution in [2.75, 3.05) is 13.2 Å². The first-order valence-corrected chi connectivity index (χ1v) is 11.4. The molecule has 0 amide bonds. The Balaban J connectivity index is 1.45. The molecular formula is C26H30N2O4. The Hall–Kier alpha value is -3.12. The van der Waals surface area contributed by atoms with E-state index in [0.29, 0.717) is 12.4 Å². The molecule has 1 aromatic heterocycles. The third-order valence-corrected chi connectivity index (χ3v) is 6.05. The lowest BCUT2D eigenvalue weighted by atomic mass is 9.86. The predicted octanol–water partition coefficient (Wildman–Crippen LogP) is 5.16. The van der Waals surface area contributed by atoms with E-state index in [4.69, 9.17) is 14.7 Å². The van der Waals surface area contributed by atoms with Gasteiger partial charge >= 0.3 is 5.97 Å². The molecule has 2 aliphatic rings. The molecular weight excluding hydrogens is 404 g/mol. The number of ether oxygens (including phenoxy) is 1. The summed E-state index contributed by atoms with van der Waals surface area (Å²) in [6.45, 7) is 0.111. The number of fused-ring (bicyclic) bond motifs is 1. The van der Waals surface area contributed by atoms with Crippen molar-refractivity contribution in [2.45, 2.75) is 51.4 Å². The van der Waals surface area contributed by atoms with Gasteiger partial charge in [-0.15, -0.1) is 0 Å². The summed E-state index contributed by atoms with van der Waals surface area (Å²) < 4.78 is 5.51. The summed E-state index contributed by atoms with van der Waals surface area (Å²) in [7, 11) is 0. The number of hydrogen-bond donors (Lipinski definition) is 2. The molecule has 0 atom stereocenters. The number of hydrogen-bond acceptors (Lipinski definition) is 5. The van der Waals surface area contributed by atoms with Gasteiger partial charge in [-0.3, -0.25) is 15.3 Å². The smallest absolute Gasteiger partial charge is 0.341 e. The minimum Gasteiger partial charge on any atom is -0.482 e. The van der Waals surface area contributed by atoms with Crippen LogP contribution in [-0.4, -0.2) is 29.3 Å². The summed E-state index contributed by atoms with van der Waals surface area (Å²) in [4.78, 5) is 21.1. The van der Waals surface area contributed by atoms with Crippen molar-refractivity contribution in [3.8, 4) is 5.75 Å². The molecule has 1 fully saturated rings. The molecule has 0 spiro atoms. The van der Waals surface area contributed by atoms with E-state index in [1.165, 1.54) is 30.4 Å². The van der Waals surface area contributed by atoms with E-state index >= 15 is 0 Å². The van der Waals surface area contributed by atoms with Gasteiger partial charge in [0.05, 0.1) is 12.3 Å². The molecule has 32 heavy (non-hydrogen) atoms. The van der Waals surface area contributed by atoms with Gasteiger partial charge in [-0.2, -0.15) is 0 Å². The second kappa shape index (κ2) is 11.0. The van der Waals surface area contributed by atoms with E-state index in [0.717, 1.165) is 54.5 Å². The van der Waals surface area contributed by atoms with Gasteiger partial charge in [0.1, 0.15) is 5.75 Å². The second-order valence-corrected chi connectivity index (χ2v) is 8.24. The standard InChI is InChI=1S/C26H30N2O4/c29-25(30)18-31-24-13-5-11-22-19(9-4-12-23(22)24)14-16-32-28-26(20-7-2-1-3-8-20)21-10-6-15-27-17-21/h5-6,10-11,13-15,17,28H,1-4,7-9,12,16,18H2,(H,29,30). The summed E-state index contributed by atoms with van der Waals surface area (Å²) in [6.07, 6.45) is 14.5. The predicted molar refractivity (Wildman–Crippen MR) is 124 cm³/mol. The summed E-state index contributed by atoms with van der Waals surface area (Å²) in [5.41, 5.74) is 10.1. The monoisotopic (exact) mass is 434 g/mol. The third kappa shape index (κ3) is 5.56. The topological polar surface area (TPSA) is 80.7 Å². The van der Waals surface area contributed by atoms with Crippen LogP contribution in [0.15, 0.2) is 54.4 Å². The molecule has 168 valence electrons. The Morgan fingerprint density at radius 1 is 1.06 bits per heavy atom. The number of carbonyl (C=O) groups is 1. The van der Waals surface area contributed by atoms with Crippen LogP contribution in [0.25, 0.3) is 11.3 Å². The Labute approximate surface area is 188 Å². The van der Waals surface area contributed by atoms with Crippen molar-refractivity contribution in [1.82, 2.24) is 10.5 Å². The molecule has 0 aliphatic heterocycles. The fourth-order valence-corrected chi connectivity index (χ4v) is 4.53. The van der Waals surface area contributed by atoms with Gasteiger partial charge in [0.2, 0.25) is 0 Å². The van der Waals surface area contributed by atoms with Crippen molar-refractivity contribution < 1.29 is 19.5 Å². The average Bonchev–Trinajstić information content (AvgIpc) is 2.84. The van der Waals surface area contributed by atoms with Crippen LogP contribution in [0.2, 0.25) is 0 Å². The molecule has 2 aromatic rings. The molecule has 4 rings (SSSR count). The van der Waals surface area contributed by atoms with Crippen LogP contribution in [0.3, 0.4) is 0 Å². The first-order valence-electron chi connectivity index (χ1n) is 11.4. The van der Waals surface area contributed by atoms with Gasteiger partial charge in [0.25, 0.3) is 0 Å². The molecule has 2 N–H and O–H groups in total. The maximum atomic E-state index is 10.9. The second-order valence-electron chi connectivity index (χ2n) is 8.24. The van der Waals surface area contributed by atoms with E-state index < -0.39 is 5.97 Å². The minimum absolute atomic E-state index is 0.325. The van der Waals surface area contributed by atoms with E-state index in [2.05, 4.69) is 28.7 Å². The van der Waals surface area contributed by atoms with Crippen molar-refractivity contribution in [1.29, 1.82) is 0 Å². The molecule has 1 saturated carbocycles. The molecule has 6 nitrogen and oxygen atoms in total. The number of allylic oxidation sites excluding steroid dienone is 2. The molecule has 0 radical (unpaired) electrons. The number of aliphatic carboxylic acids is 1. The van der Waals surface area contributed by atoms with Crippen molar-refractivity contribution in [3.05, 3.63) is 71.1 Å². The van der Waals surface area contributed by atoms with E-state index in [-0.39, 0.29) is 6.61 Å². The molecule has 0 bridgehead atoms. The highest BCUT2D eigenvalue weighted by Crippen LogP contribution is 2.36. The van der Waals surface area contributed by atoms with Crippen LogP contribution in [0.4, 0.5) is 0 Å². The molecule has 1 heterocycles. The van der Waals surface area contributed by atoms with Crippen LogP contribution in [-0.2, 0) is 16.1 Å². The lowest BCUT2D eigenvalue weighted by Crippen LogP contribution is -2.17. The average molecular weight is 435 g/mol. The maximum Gasteiger partial charge on any atom is 0.341 e. The number of pyridine rings is 1. The largest absolute Gasteiger partial charge is 0.482 e. The van der Waals surface area contributed by atoms with Crippen molar-refractivity contribution in [3.63, 3.8) is 0 Å². The maximum absolute atomic E-state index is 10.9. The highest BCUT2D eigenvalue weighted by molar-refractivity contribution is 5.73. The number of rotatable bonds is 8. The van der Waals surface area contributed by atoms with Crippen molar-refractivity contribution >= 4 is 17.2 Å². The zero-order chi connectivity index (χ0) is 22.2. The molecule has 0 unspecified atom stereocenters. The van der Waals surface area contributed by atoms with Gasteiger partial charge < -0.3 is 9.84 Å². The number of benzene rings is 1. The number of carboxylic acid groups (broad SMARTS) is 1. The molecule has 0 saturated heterocycles. The zero-order valence-electron chi connectivity index (χ0n) is 18.3. The highest BCUT2D eigenvalue weighted by Gasteiger charge is 2.18. The normalized spacial score (nSPS) is 17.0. The minimum atomic E-state index is -0.967. The van der Waals surface area contributed by atoms with Crippen molar-refractivity contribution in [2.24, 2.45) is 0 Å². The van der Waals surface area contributed by atoms with E-state index in [1.807, 2.05) is 24.4 Å². The van der Waals surface area contributed by atoms with Crippen LogP contribution >= 0.6 is 0 Å². The van der Waals surface area contributed by atoms with Gasteiger partial charge in [0.15, 0.2) is 6.61 Å². The lowest BCUT2D eigenvalue weighted by molar-refractivity contribution is -0.139. The van der Waals surface area contributed by atoms with Crippen LogP contribution in [0.1, 0.15) is 61.6 Å². The summed E-state index contributed by atoms with van der Waals surface area (Å²) in [5, 5.41) is 8.93. The Kier molecular flexibility index (Phi) is 7.56. The van der Waals surface area contributed by atoms with Gasteiger partial charge in [-0.05, 0) is 79.9 Å². The molecule has 2 aliphatic carbocycles. The third-order valence-electron chi connectivity index (χ3n) is 6.05. The van der Waals surface area contributed by atoms with Crippen LogP contribution in [0.5, 0.6) is 5.75 Å². The number of carboxylic acids is 1. The Morgan fingerprint density at radius 2 is 1.94 bits per heavy atom. The number of nitrogens with one attached hydrogen (secondary N) is 1. The van der Waals surface area contributed by atoms with Crippen LogP contribution in [0, 0.1) is 0 Å².